The van der Waals surface area contributed by atoms with Crippen LogP contribution in [0.15, 0.2) is 12.1 Å². The summed E-state index contributed by atoms with van der Waals surface area (Å²) in [5.41, 5.74) is -0.0787. The highest BCUT2D eigenvalue weighted by Crippen LogP contribution is 2.40. The van der Waals surface area contributed by atoms with Crippen molar-refractivity contribution < 1.29 is 19.2 Å². The van der Waals surface area contributed by atoms with Gasteiger partial charge in [-0.3, -0.25) is 14.9 Å². The second-order valence-electron chi connectivity index (χ2n) is 4.97. The fraction of sp³-hybridized carbons (Fsp3) is 0.462. The number of hydrogen-bond donors (Lipinski definition) is 2. The predicted molar refractivity (Wildman–Crippen MR) is 73.5 cm³/mol. The van der Waals surface area contributed by atoms with Crippen molar-refractivity contribution in [2.24, 2.45) is 0 Å². The molecule has 2 aliphatic heterocycles. The number of benzene rings is 1. The molecule has 2 heterocycles. The van der Waals surface area contributed by atoms with E-state index in [4.69, 9.17) is 9.47 Å². The molecule has 21 heavy (non-hydrogen) atoms. The van der Waals surface area contributed by atoms with Gasteiger partial charge in [0.15, 0.2) is 11.5 Å². The summed E-state index contributed by atoms with van der Waals surface area (Å²) in [5, 5.41) is 16.8. The summed E-state index contributed by atoms with van der Waals surface area (Å²) in [5.74, 6) is 0.444. The molecule has 2 aliphatic rings. The summed E-state index contributed by atoms with van der Waals surface area (Å²) in [6.45, 7) is 0.801. The van der Waals surface area contributed by atoms with E-state index in [2.05, 4.69) is 10.6 Å². The maximum absolute atomic E-state index is 12.2. The molecule has 1 unspecified atom stereocenters. The SMILES string of the molecule is O=C(Nc1cc2c(cc1[N+](=O)[O-])OCO2)C1CCCCN1. The highest BCUT2D eigenvalue weighted by Gasteiger charge is 2.27. The van der Waals surface area contributed by atoms with E-state index < -0.39 is 4.92 Å². The minimum atomic E-state index is -0.550. The van der Waals surface area contributed by atoms with E-state index in [0.717, 1.165) is 25.8 Å². The molecule has 1 saturated heterocycles. The lowest BCUT2D eigenvalue weighted by molar-refractivity contribution is -0.384. The molecule has 1 aromatic carbocycles. The zero-order chi connectivity index (χ0) is 14.8. The van der Waals surface area contributed by atoms with Crippen LogP contribution in [-0.4, -0.2) is 30.2 Å². The average Bonchev–Trinajstić information content (AvgIpc) is 2.94. The molecule has 3 rings (SSSR count). The molecule has 1 amide bonds. The monoisotopic (exact) mass is 293 g/mol. The van der Waals surface area contributed by atoms with Gasteiger partial charge in [0.2, 0.25) is 12.7 Å². The van der Waals surface area contributed by atoms with Crippen molar-refractivity contribution in [3.8, 4) is 11.5 Å². The van der Waals surface area contributed by atoms with Gasteiger partial charge in [-0.2, -0.15) is 0 Å². The summed E-state index contributed by atoms with van der Waals surface area (Å²) in [4.78, 5) is 22.7. The number of nitro benzene ring substituents is 1. The van der Waals surface area contributed by atoms with Gasteiger partial charge >= 0.3 is 0 Å². The van der Waals surface area contributed by atoms with E-state index in [9.17, 15) is 14.9 Å². The first-order valence-electron chi connectivity index (χ1n) is 6.77. The maximum Gasteiger partial charge on any atom is 0.296 e. The second kappa shape index (κ2) is 5.57. The Bertz CT molecular complexity index is 583. The fourth-order valence-corrected chi connectivity index (χ4v) is 2.48. The molecule has 2 N–H and O–H groups in total. The molecular formula is C13H15N3O5. The number of hydrogen-bond acceptors (Lipinski definition) is 6. The van der Waals surface area contributed by atoms with Gasteiger partial charge in [0.05, 0.1) is 17.0 Å². The van der Waals surface area contributed by atoms with Crippen LogP contribution < -0.4 is 20.1 Å². The number of carbonyl (C=O) groups is 1. The lowest BCUT2D eigenvalue weighted by atomic mass is 10.0. The van der Waals surface area contributed by atoms with Crippen LogP contribution in [0, 0.1) is 10.1 Å². The number of carbonyl (C=O) groups excluding carboxylic acids is 1. The molecular weight excluding hydrogens is 278 g/mol. The molecule has 0 spiro atoms. The van der Waals surface area contributed by atoms with Crippen LogP contribution in [0.5, 0.6) is 11.5 Å². The lowest BCUT2D eigenvalue weighted by Gasteiger charge is -2.22. The third kappa shape index (κ3) is 2.75. The van der Waals surface area contributed by atoms with E-state index in [-0.39, 0.29) is 30.1 Å². The molecule has 112 valence electrons. The van der Waals surface area contributed by atoms with Crippen molar-refractivity contribution in [3.05, 3.63) is 22.2 Å². The summed E-state index contributed by atoms with van der Waals surface area (Å²) >= 11 is 0. The first-order valence-corrected chi connectivity index (χ1v) is 6.77. The van der Waals surface area contributed by atoms with Crippen molar-refractivity contribution >= 4 is 17.3 Å². The van der Waals surface area contributed by atoms with Crippen molar-refractivity contribution in [1.29, 1.82) is 0 Å². The number of fused-ring (bicyclic) bond motifs is 1. The van der Waals surface area contributed by atoms with Crippen molar-refractivity contribution in [2.75, 3.05) is 18.7 Å². The molecule has 0 saturated carbocycles. The molecule has 0 radical (unpaired) electrons. The maximum atomic E-state index is 12.2. The average molecular weight is 293 g/mol. The molecule has 1 atom stereocenters. The van der Waals surface area contributed by atoms with Crippen molar-refractivity contribution in [2.45, 2.75) is 25.3 Å². The molecule has 8 heteroatoms. The van der Waals surface area contributed by atoms with Gasteiger partial charge in [-0.15, -0.1) is 0 Å². The zero-order valence-electron chi connectivity index (χ0n) is 11.3. The van der Waals surface area contributed by atoms with Crippen LogP contribution in [0.4, 0.5) is 11.4 Å². The molecule has 0 aliphatic carbocycles. The van der Waals surface area contributed by atoms with E-state index in [0.29, 0.717) is 11.5 Å². The Morgan fingerprint density at radius 2 is 2.10 bits per heavy atom. The van der Waals surface area contributed by atoms with Gasteiger partial charge in [-0.1, -0.05) is 6.42 Å². The van der Waals surface area contributed by atoms with Gasteiger partial charge in [0.25, 0.3) is 5.69 Å². The predicted octanol–water partition coefficient (Wildman–Crippen LogP) is 1.40. The molecule has 0 bridgehead atoms. The number of rotatable bonds is 3. The van der Waals surface area contributed by atoms with Gasteiger partial charge in [0, 0.05) is 6.07 Å². The lowest BCUT2D eigenvalue weighted by Crippen LogP contribution is -2.43. The Kier molecular flexibility index (Phi) is 3.61. The second-order valence-corrected chi connectivity index (χ2v) is 4.97. The Morgan fingerprint density at radius 1 is 1.33 bits per heavy atom. The minimum Gasteiger partial charge on any atom is -0.454 e. The molecule has 1 fully saturated rings. The largest absolute Gasteiger partial charge is 0.454 e. The third-order valence-electron chi connectivity index (χ3n) is 3.57. The van der Waals surface area contributed by atoms with Gasteiger partial charge in [0.1, 0.15) is 5.69 Å². The van der Waals surface area contributed by atoms with E-state index in [1.54, 1.807) is 0 Å². The van der Waals surface area contributed by atoms with Crippen LogP contribution in [-0.2, 0) is 4.79 Å². The highest BCUT2D eigenvalue weighted by molar-refractivity contribution is 5.97. The van der Waals surface area contributed by atoms with Gasteiger partial charge in [-0.25, -0.2) is 0 Å². The Balaban J connectivity index is 1.83. The van der Waals surface area contributed by atoms with Crippen molar-refractivity contribution in [3.63, 3.8) is 0 Å². The first kappa shape index (κ1) is 13.6. The summed E-state index contributed by atoms with van der Waals surface area (Å²) < 4.78 is 10.3. The smallest absolute Gasteiger partial charge is 0.296 e. The number of piperidine rings is 1. The number of amides is 1. The van der Waals surface area contributed by atoms with E-state index in [1.807, 2.05) is 0 Å². The number of anilines is 1. The van der Waals surface area contributed by atoms with Crippen LogP contribution in [0.1, 0.15) is 19.3 Å². The summed E-state index contributed by atoms with van der Waals surface area (Å²) in [6, 6.07) is 2.39. The highest BCUT2D eigenvalue weighted by atomic mass is 16.7. The quantitative estimate of drug-likeness (QED) is 0.645. The number of nitrogens with one attached hydrogen (secondary N) is 2. The topological polar surface area (TPSA) is 103 Å². The van der Waals surface area contributed by atoms with E-state index >= 15 is 0 Å². The fourth-order valence-electron chi connectivity index (χ4n) is 2.48. The van der Waals surface area contributed by atoms with Crippen LogP contribution in [0.2, 0.25) is 0 Å². The zero-order valence-corrected chi connectivity index (χ0v) is 11.3. The first-order chi connectivity index (χ1) is 10.1. The molecule has 0 aromatic heterocycles. The Morgan fingerprint density at radius 3 is 2.76 bits per heavy atom. The van der Waals surface area contributed by atoms with Gasteiger partial charge in [-0.05, 0) is 19.4 Å². The Labute approximate surface area is 120 Å². The number of nitrogens with zero attached hydrogens (tertiary/aromatic N) is 1. The van der Waals surface area contributed by atoms with Crippen LogP contribution >= 0.6 is 0 Å². The number of nitro groups is 1. The standard InChI is InChI=1S/C13H15N3O5/c17-13(8-3-1-2-4-14-8)15-9-5-11-12(21-7-20-11)6-10(9)16(18)19/h5-6,8,14H,1-4,7H2,(H,15,17). The summed E-state index contributed by atoms with van der Waals surface area (Å²) in [6.07, 6.45) is 2.73. The van der Waals surface area contributed by atoms with E-state index in [1.165, 1.54) is 12.1 Å². The Hall–Kier alpha value is -2.35. The normalized spacial score (nSPS) is 20.1. The number of ether oxygens (including phenoxy) is 2. The molecule has 1 aromatic rings. The third-order valence-corrected chi connectivity index (χ3v) is 3.57. The van der Waals surface area contributed by atoms with Crippen LogP contribution in [0.3, 0.4) is 0 Å². The van der Waals surface area contributed by atoms with Crippen molar-refractivity contribution in [1.82, 2.24) is 5.32 Å². The summed E-state index contributed by atoms with van der Waals surface area (Å²) in [7, 11) is 0. The minimum absolute atomic E-state index is 0.0219. The van der Waals surface area contributed by atoms with Gasteiger partial charge < -0.3 is 20.1 Å². The molecule has 8 nitrogen and oxygen atoms in total. The van der Waals surface area contributed by atoms with Crippen LogP contribution in [0.25, 0.3) is 0 Å².